The van der Waals surface area contributed by atoms with Crippen molar-refractivity contribution in [2.75, 3.05) is 13.1 Å². The van der Waals surface area contributed by atoms with Gasteiger partial charge in [0.2, 0.25) is 0 Å². The molecule has 1 N–H and O–H groups in total. The van der Waals surface area contributed by atoms with Crippen LogP contribution in [0.15, 0.2) is 30.3 Å². The van der Waals surface area contributed by atoms with E-state index in [2.05, 4.69) is 54.1 Å². The van der Waals surface area contributed by atoms with Gasteiger partial charge in [-0.3, -0.25) is 4.90 Å². The first-order valence-corrected chi connectivity index (χ1v) is 9.89. The molecule has 27 heavy (non-hydrogen) atoms. The predicted molar refractivity (Wildman–Crippen MR) is 106 cm³/mol. The van der Waals surface area contributed by atoms with Crippen LogP contribution in [0, 0.1) is 0 Å². The van der Waals surface area contributed by atoms with Crippen LogP contribution >= 0.6 is 0 Å². The van der Waals surface area contributed by atoms with Crippen molar-refractivity contribution in [1.29, 1.82) is 0 Å². The summed E-state index contributed by atoms with van der Waals surface area (Å²) in [5.41, 5.74) is 3.95. The third-order valence-electron chi connectivity index (χ3n) is 6.04. The zero-order chi connectivity index (χ0) is 19.1. The molecule has 2 aliphatic heterocycles. The van der Waals surface area contributed by atoms with Gasteiger partial charge in [0.15, 0.2) is 0 Å². The molecule has 5 heteroatoms. The highest BCUT2D eigenvalue weighted by Crippen LogP contribution is 2.41. The highest BCUT2D eigenvalue weighted by Gasteiger charge is 2.41. The second-order valence-electron chi connectivity index (χ2n) is 8.83. The van der Waals surface area contributed by atoms with Crippen LogP contribution in [0.1, 0.15) is 51.3 Å². The predicted octanol–water partition coefficient (Wildman–Crippen LogP) is 3.59. The molecule has 2 aliphatic rings. The average Bonchev–Trinajstić information content (AvgIpc) is 2.67. The maximum absolute atomic E-state index is 9.12. The standard InChI is InChI=1S/C22H29N3O2/c1-21(2,3)25-12-10-22(11-13-25)9-8-17-14-16(4-7-20(17)27-22)19-6-5-18(15-26)23-24-19/h4-7,14,26H,8-13,15H2,1-3H3. The smallest absolute Gasteiger partial charge is 0.123 e. The molecule has 2 aromatic rings. The molecule has 1 aromatic carbocycles. The number of piperidine rings is 1. The minimum absolute atomic E-state index is 0.00114. The van der Waals surface area contributed by atoms with E-state index in [1.807, 2.05) is 12.1 Å². The first-order valence-electron chi connectivity index (χ1n) is 9.89. The van der Waals surface area contributed by atoms with Crippen LogP contribution in [0.5, 0.6) is 5.75 Å². The second-order valence-corrected chi connectivity index (χ2v) is 8.83. The Labute approximate surface area is 161 Å². The molecule has 1 fully saturated rings. The number of aliphatic hydroxyl groups excluding tert-OH is 1. The van der Waals surface area contributed by atoms with Crippen LogP contribution < -0.4 is 4.74 Å². The Morgan fingerprint density at radius 2 is 1.85 bits per heavy atom. The highest BCUT2D eigenvalue weighted by molar-refractivity contribution is 5.62. The number of aliphatic hydroxyl groups is 1. The lowest BCUT2D eigenvalue weighted by molar-refractivity contribution is -0.0355. The number of aryl methyl sites for hydroxylation is 1. The van der Waals surface area contributed by atoms with E-state index in [4.69, 9.17) is 9.84 Å². The third-order valence-corrected chi connectivity index (χ3v) is 6.04. The van der Waals surface area contributed by atoms with Crippen molar-refractivity contribution in [3.63, 3.8) is 0 Å². The molecule has 4 rings (SSSR count). The number of hydrogen-bond donors (Lipinski definition) is 1. The van der Waals surface area contributed by atoms with Gasteiger partial charge in [-0.1, -0.05) is 0 Å². The maximum Gasteiger partial charge on any atom is 0.123 e. The van der Waals surface area contributed by atoms with Gasteiger partial charge >= 0.3 is 0 Å². The largest absolute Gasteiger partial charge is 0.487 e. The van der Waals surface area contributed by atoms with Crippen molar-refractivity contribution in [3.8, 4) is 17.0 Å². The first-order chi connectivity index (χ1) is 12.9. The van der Waals surface area contributed by atoms with Crippen molar-refractivity contribution in [3.05, 3.63) is 41.6 Å². The van der Waals surface area contributed by atoms with Gasteiger partial charge in [0, 0.05) is 24.2 Å². The Kier molecular flexibility index (Phi) is 4.68. The topological polar surface area (TPSA) is 58.5 Å². The SMILES string of the molecule is CC(C)(C)N1CCC2(CCc3cc(-c4ccc(CO)nn4)ccc3O2)CC1. The lowest BCUT2D eigenvalue weighted by Crippen LogP contribution is -2.54. The van der Waals surface area contributed by atoms with E-state index in [-0.39, 0.29) is 17.7 Å². The van der Waals surface area contributed by atoms with E-state index in [9.17, 15) is 0 Å². The fraction of sp³-hybridized carbons (Fsp3) is 0.545. The van der Waals surface area contributed by atoms with Crippen molar-refractivity contribution < 1.29 is 9.84 Å². The number of benzene rings is 1. The summed E-state index contributed by atoms with van der Waals surface area (Å²) >= 11 is 0. The van der Waals surface area contributed by atoms with Crippen LogP contribution in [0.25, 0.3) is 11.3 Å². The summed E-state index contributed by atoms with van der Waals surface area (Å²) in [5.74, 6) is 1.02. The molecule has 1 aromatic heterocycles. The quantitative estimate of drug-likeness (QED) is 0.879. The van der Waals surface area contributed by atoms with Gasteiger partial charge in [-0.05, 0) is 82.3 Å². The molecule has 0 radical (unpaired) electrons. The van der Waals surface area contributed by atoms with E-state index in [1.54, 1.807) is 0 Å². The van der Waals surface area contributed by atoms with Crippen molar-refractivity contribution in [2.24, 2.45) is 0 Å². The van der Waals surface area contributed by atoms with Gasteiger partial charge in [0.25, 0.3) is 0 Å². The number of hydrogen-bond acceptors (Lipinski definition) is 5. The van der Waals surface area contributed by atoms with Crippen molar-refractivity contribution in [1.82, 2.24) is 15.1 Å². The lowest BCUT2D eigenvalue weighted by atomic mass is 9.81. The summed E-state index contributed by atoms with van der Waals surface area (Å²) in [4.78, 5) is 2.56. The Hall–Kier alpha value is -1.98. The van der Waals surface area contributed by atoms with Gasteiger partial charge in [-0.25, -0.2) is 0 Å². The normalized spacial score (nSPS) is 19.6. The van der Waals surface area contributed by atoms with E-state index < -0.39 is 0 Å². The number of nitrogens with zero attached hydrogens (tertiary/aromatic N) is 3. The molecule has 0 aliphatic carbocycles. The zero-order valence-electron chi connectivity index (χ0n) is 16.5. The van der Waals surface area contributed by atoms with Crippen molar-refractivity contribution >= 4 is 0 Å². The number of rotatable bonds is 2. The summed E-state index contributed by atoms with van der Waals surface area (Å²) in [7, 11) is 0. The van der Waals surface area contributed by atoms with E-state index in [0.29, 0.717) is 5.69 Å². The van der Waals surface area contributed by atoms with Gasteiger partial charge in [0.1, 0.15) is 11.4 Å². The Morgan fingerprint density at radius 1 is 1.07 bits per heavy atom. The molecule has 0 amide bonds. The maximum atomic E-state index is 9.12. The van der Waals surface area contributed by atoms with Crippen LogP contribution in [0.3, 0.4) is 0 Å². The van der Waals surface area contributed by atoms with E-state index in [1.165, 1.54) is 5.56 Å². The summed E-state index contributed by atoms with van der Waals surface area (Å²) in [5, 5.41) is 17.4. The van der Waals surface area contributed by atoms with Crippen LogP contribution in [0.2, 0.25) is 0 Å². The highest BCUT2D eigenvalue weighted by atomic mass is 16.5. The second kappa shape index (κ2) is 6.88. The summed E-state index contributed by atoms with van der Waals surface area (Å²) in [6.45, 7) is 8.99. The molecule has 0 bridgehead atoms. The third kappa shape index (κ3) is 3.71. The monoisotopic (exact) mass is 367 g/mol. The van der Waals surface area contributed by atoms with Crippen LogP contribution in [-0.4, -0.2) is 44.4 Å². The molecule has 1 saturated heterocycles. The molecular formula is C22H29N3O2. The fourth-order valence-electron chi connectivity index (χ4n) is 4.22. The minimum atomic E-state index is -0.0833. The Bertz CT molecular complexity index is 803. The average molecular weight is 367 g/mol. The fourth-order valence-corrected chi connectivity index (χ4v) is 4.22. The number of fused-ring (bicyclic) bond motifs is 1. The molecule has 0 atom stereocenters. The molecule has 144 valence electrons. The molecule has 1 spiro atoms. The van der Waals surface area contributed by atoms with Gasteiger partial charge in [-0.2, -0.15) is 10.2 Å². The minimum Gasteiger partial charge on any atom is -0.487 e. The Balaban J connectivity index is 1.50. The first kappa shape index (κ1) is 18.4. The van der Waals surface area contributed by atoms with Crippen LogP contribution in [-0.2, 0) is 13.0 Å². The number of aromatic nitrogens is 2. The van der Waals surface area contributed by atoms with Gasteiger partial charge in [-0.15, -0.1) is 0 Å². The van der Waals surface area contributed by atoms with Gasteiger partial charge in [0.05, 0.1) is 18.0 Å². The Morgan fingerprint density at radius 3 is 2.48 bits per heavy atom. The van der Waals surface area contributed by atoms with E-state index in [0.717, 1.165) is 55.8 Å². The van der Waals surface area contributed by atoms with Crippen molar-refractivity contribution in [2.45, 2.75) is 64.2 Å². The summed E-state index contributed by atoms with van der Waals surface area (Å²) < 4.78 is 6.55. The van der Waals surface area contributed by atoms with Crippen LogP contribution in [0.4, 0.5) is 0 Å². The summed E-state index contributed by atoms with van der Waals surface area (Å²) in [6, 6.07) is 10.0. The molecule has 0 saturated carbocycles. The number of ether oxygens (including phenoxy) is 1. The molecule has 3 heterocycles. The van der Waals surface area contributed by atoms with Gasteiger partial charge < -0.3 is 9.84 Å². The van der Waals surface area contributed by atoms with E-state index >= 15 is 0 Å². The zero-order valence-corrected chi connectivity index (χ0v) is 16.5. The lowest BCUT2D eigenvalue weighted by Gasteiger charge is -2.48. The molecule has 5 nitrogen and oxygen atoms in total. The number of likely N-dealkylation sites (tertiary alicyclic amines) is 1. The molecular weight excluding hydrogens is 338 g/mol. The molecule has 0 unspecified atom stereocenters. The summed E-state index contributed by atoms with van der Waals surface area (Å²) in [6.07, 6.45) is 4.32.